The smallest absolute Gasteiger partial charge is 0.352 e. The van der Waals surface area contributed by atoms with Crippen LogP contribution in [0.1, 0.15) is 43.7 Å². The van der Waals surface area contributed by atoms with Crippen molar-refractivity contribution in [3.63, 3.8) is 0 Å². The van der Waals surface area contributed by atoms with E-state index in [2.05, 4.69) is 4.72 Å². The molecule has 0 bridgehead atoms. The van der Waals surface area contributed by atoms with Crippen LogP contribution in [0.15, 0.2) is 17.2 Å². The van der Waals surface area contributed by atoms with E-state index in [9.17, 15) is 13.2 Å². The molecule has 2 N–H and O–H groups in total. The lowest BCUT2D eigenvalue weighted by molar-refractivity contribution is 0.0683. The number of nitrogens with one attached hydrogen (secondary N) is 1. The van der Waals surface area contributed by atoms with Crippen LogP contribution in [0.2, 0.25) is 0 Å². The average Bonchev–Trinajstić information content (AvgIpc) is 2.82. The summed E-state index contributed by atoms with van der Waals surface area (Å²) in [5.41, 5.74) is -0.0146. The van der Waals surface area contributed by atoms with E-state index < -0.39 is 16.0 Å². The van der Waals surface area contributed by atoms with E-state index in [0.717, 1.165) is 6.42 Å². The van der Waals surface area contributed by atoms with Gasteiger partial charge < -0.3 is 9.67 Å². The molecule has 1 fully saturated rings. The molecule has 1 aromatic heterocycles. The fraction of sp³-hybridized carbons (Fsp3) is 0.583. The minimum Gasteiger partial charge on any atom is -0.477 e. The number of carboxylic acid groups (broad SMARTS) is 1. The normalized spacial score (nSPS) is 22.7. The van der Waals surface area contributed by atoms with E-state index in [1.54, 1.807) is 13.8 Å². The number of aromatic carboxylic acids is 1. The van der Waals surface area contributed by atoms with Gasteiger partial charge in [0.25, 0.3) is 0 Å². The first-order valence-corrected chi connectivity index (χ1v) is 7.68. The third-order valence-corrected chi connectivity index (χ3v) is 4.78. The quantitative estimate of drug-likeness (QED) is 0.857. The molecule has 0 saturated heterocycles. The lowest BCUT2D eigenvalue weighted by Crippen LogP contribution is -2.26. The highest BCUT2D eigenvalue weighted by atomic mass is 32.2. The van der Waals surface area contributed by atoms with Crippen molar-refractivity contribution in [2.45, 2.75) is 44.2 Å². The van der Waals surface area contributed by atoms with Crippen molar-refractivity contribution >= 4 is 16.0 Å². The first kappa shape index (κ1) is 14.1. The molecule has 19 heavy (non-hydrogen) atoms. The maximum atomic E-state index is 12.1. The van der Waals surface area contributed by atoms with E-state index >= 15 is 0 Å². The predicted octanol–water partition coefficient (Wildman–Crippen LogP) is 1.45. The monoisotopic (exact) mass is 286 g/mol. The molecule has 0 aliphatic heterocycles. The van der Waals surface area contributed by atoms with Gasteiger partial charge in [0.2, 0.25) is 10.0 Å². The number of hydrogen-bond acceptors (Lipinski definition) is 3. The van der Waals surface area contributed by atoms with E-state index in [4.69, 9.17) is 5.11 Å². The summed E-state index contributed by atoms with van der Waals surface area (Å²) in [6, 6.07) is 1.06. The Kier molecular flexibility index (Phi) is 3.44. The van der Waals surface area contributed by atoms with Gasteiger partial charge in [0.15, 0.2) is 0 Å². The zero-order chi connectivity index (χ0) is 14.4. The number of sulfonamides is 1. The second-order valence-electron chi connectivity index (χ2n) is 5.31. The van der Waals surface area contributed by atoms with Crippen LogP contribution in [0.4, 0.5) is 0 Å². The Balaban J connectivity index is 2.34. The Hall–Kier alpha value is -1.34. The maximum absolute atomic E-state index is 12.1. The molecular formula is C12H18N2O4S. The van der Waals surface area contributed by atoms with Gasteiger partial charge in [-0.3, -0.25) is 0 Å². The van der Waals surface area contributed by atoms with Crippen molar-refractivity contribution in [2.24, 2.45) is 5.92 Å². The molecular weight excluding hydrogens is 268 g/mol. The fourth-order valence-corrected chi connectivity index (χ4v) is 3.34. The van der Waals surface area contributed by atoms with Crippen LogP contribution in [0, 0.1) is 5.92 Å². The molecule has 106 valence electrons. The summed E-state index contributed by atoms with van der Waals surface area (Å²) in [5.74, 6) is -0.782. The van der Waals surface area contributed by atoms with Crippen LogP contribution in [0.25, 0.3) is 0 Å². The molecule has 1 aromatic rings. The summed E-state index contributed by atoms with van der Waals surface area (Å²) in [4.78, 5) is 11.1. The van der Waals surface area contributed by atoms with Crippen LogP contribution in [-0.2, 0) is 10.0 Å². The van der Waals surface area contributed by atoms with Gasteiger partial charge in [0.1, 0.15) is 10.6 Å². The van der Waals surface area contributed by atoms with Gasteiger partial charge in [-0.15, -0.1) is 0 Å². The highest BCUT2D eigenvalue weighted by molar-refractivity contribution is 7.89. The number of carbonyl (C=O) groups is 1. The van der Waals surface area contributed by atoms with Gasteiger partial charge in [-0.2, -0.15) is 0 Å². The van der Waals surface area contributed by atoms with Crippen molar-refractivity contribution < 1.29 is 18.3 Å². The van der Waals surface area contributed by atoms with Crippen LogP contribution in [0.5, 0.6) is 0 Å². The topological polar surface area (TPSA) is 88.4 Å². The lowest BCUT2D eigenvalue weighted by Gasteiger charge is -2.09. The molecule has 0 spiro atoms. The summed E-state index contributed by atoms with van der Waals surface area (Å²) in [6.07, 6.45) is 2.21. The highest BCUT2D eigenvalue weighted by Gasteiger charge is 2.37. The van der Waals surface area contributed by atoms with Gasteiger partial charge in [-0.1, -0.05) is 6.92 Å². The molecule has 2 unspecified atom stereocenters. The molecule has 2 rings (SSSR count). The zero-order valence-corrected chi connectivity index (χ0v) is 11.9. The summed E-state index contributed by atoms with van der Waals surface area (Å²) in [6.45, 7) is 5.58. The van der Waals surface area contributed by atoms with Crippen molar-refractivity contribution in [3.05, 3.63) is 18.0 Å². The van der Waals surface area contributed by atoms with Crippen LogP contribution < -0.4 is 4.72 Å². The Morgan fingerprint density at radius 2 is 2.11 bits per heavy atom. The lowest BCUT2D eigenvalue weighted by atomic mass is 10.3. The number of nitrogens with zero attached hydrogens (tertiary/aromatic N) is 1. The van der Waals surface area contributed by atoms with Gasteiger partial charge in [-0.05, 0) is 32.3 Å². The Morgan fingerprint density at radius 1 is 1.53 bits per heavy atom. The highest BCUT2D eigenvalue weighted by Crippen LogP contribution is 2.31. The predicted molar refractivity (Wildman–Crippen MR) is 69.7 cm³/mol. The Labute approximate surface area is 112 Å². The van der Waals surface area contributed by atoms with Crippen LogP contribution in [-0.4, -0.2) is 30.1 Å². The Bertz CT molecular complexity index is 603. The first-order chi connectivity index (χ1) is 8.72. The largest absolute Gasteiger partial charge is 0.477 e. The minimum absolute atomic E-state index is 0.0118. The summed E-state index contributed by atoms with van der Waals surface area (Å²) in [5, 5.41) is 9.09. The van der Waals surface area contributed by atoms with Gasteiger partial charge in [-0.25, -0.2) is 17.9 Å². The summed E-state index contributed by atoms with van der Waals surface area (Å²) in [7, 11) is -3.63. The van der Waals surface area contributed by atoms with E-state index in [-0.39, 0.29) is 22.7 Å². The minimum atomic E-state index is -3.63. The molecule has 1 saturated carbocycles. The average molecular weight is 286 g/mol. The van der Waals surface area contributed by atoms with Crippen LogP contribution in [0.3, 0.4) is 0 Å². The second-order valence-corrected chi connectivity index (χ2v) is 7.02. The van der Waals surface area contributed by atoms with Gasteiger partial charge >= 0.3 is 5.97 Å². The fourth-order valence-electron chi connectivity index (χ4n) is 1.95. The molecule has 1 aliphatic carbocycles. The summed E-state index contributed by atoms with van der Waals surface area (Å²) >= 11 is 0. The number of hydrogen-bond donors (Lipinski definition) is 2. The third kappa shape index (κ3) is 2.82. The van der Waals surface area contributed by atoms with Gasteiger partial charge in [0, 0.05) is 18.3 Å². The molecule has 0 aromatic carbocycles. The molecule has 0 radical (unpaired) electrons. The molecule has 1 aliphatic rings. The zero-order valence-electron chi connectivity index (χ0n) is 11.1. The Morgan fingerprint density at radius 3 is 2.47 bits per heavy atom. The third-order valence-electron chi connectivity index (χ3n) is 3.33. The van der Waals surface area contributed by atoms with Crippen molar-refractivity contribution in [2.75, 3.05) is 0 Å². The molecule has 1 heterocycles. The first-order valence-electron chi connectivity index (χ1n) is 6.20. The molecule has 2 atom stereocenters. The summed E-state index contributed by atoms with van der Waals surface area (Å²) < 4.78 is 28.3. The molecule has 0 amide bonds. The van der Waals surface area contributed by atoms with E-state index in [0.29, 0.717) is 5.92 Å². The number of carboxylic acids is 1. The van der Waals surface area contributed by atoms with Gasteiger partial charge in [0.05, 0.1) is 0 Å². The van der Waals surface area contributed by atoms with Crippen molar-refractivity contribution in [1.29, 1.82) is 0 Å². The number of rotatable bonds is 5. The second kappa shape index (κ2) is 4.64. The van der Waals surface area contributed by atoms with Crippen molar-refractivity contribution in [1.82, 2.24) is 9.29 Å². The SMILES string of the molecule is CC1CC1NS(=O)(=O)c1cc(C(=O)O)n(C(C)C)c1. The molecule has 7 heteroatoms. The molecule has 6 nitrogen and oxygen atoms in total. The number of aromatic nitrogens is 1. The van der Waals surface area contributed by atoms with E-state index in [1.165, 1.54) is 16.8 Å². The van der Waals surface area contributed by atoms with Crippen LogP contribution >= 0.6 is 0 Å². The van der Waals surface area contributed by atoms with Crippen molar-refractivity contribution in [3.8, 4) is 0 Å². The standard InChI is InChI=1S/C12H18N2O4S/c1-7(2)14-6-9(5-11(14)12(15)16)19(17,18)13-10-4-8(10)3/h5-8,10,13H,4H2,1-3H3,(H,15,16). The van der Waals surface area contributed by atoms with E-state index in [1.807, 2.05) is 6.92 Å². The maximum Gasteiger partial charge on any atom is 0.352 e.